The van der Waals surface area contributed by atoms with E-state index in [0.717, 1.165) is 44.8 Å². The van der Waals surface area contributed by atoms with Gasteiger partial charge in [0.2, 0.25) is 0 Å². The zero-order valence-corrected chi connectivity index (χ0v) is 14.7. The van der Waals surface area contributed by atoms with Gasteiger partial charge in [-0.15, -0.1) is 24.8 Å². The van der Waals surface area contributed by atoms with Crippen molar-refractivity contribution in [3.8, 4) is 0 Å². The second-order valence-electron chi connectivity index (χ2n) is 5.42. The third-order valence-electron chi connectivity index (χ3n) is 4.07. The average molecular weight is 356 g/mol. The molecule has 0 aliphatic carbocycles. The Balaban J connectivity index is 0.00000220. The van der Waals surface area contributed by atoms with Crippen LogP contribution in [0, 0.1) is 11.6 Å². The number of hydrogen-bond acceptors (Lipinski definition) is 3. The van der Waals surface area contributed by atoms with E-state index in [-0.39, 0.29) is 30.9 Å². The average Bonchev–Trinajstić information content (AvgIpc) is 2.48. The summed E-state index contributed by atoms with van der Waals surface area (Å²) in [5.74, 6) is -1.56. The molecule has 0 bridgehead atoms. The van der Waals surface area contributed by atoms with Crippen molar-refractivity contribution in [2.45, 2.75) is 13.0 Å². The van der Waals surface area contributed by atoms with Gasteiger partial charge in [0, 0.05) is 45.3 Å². The van der Waals surface area contributed by atoms with Gasteiger partial charge in [0.1, 0.15) is 0 Å². The van der Waals surface area contributed by atoms with Crippen molar-refractivity contribution in [3.05, 3.63) is 35.4 Å². The maximum atomic E-state index is 13.3. The van der Waals surface area contributed by atoms with E-state index >= 15 is 0 Å². The zero-order valence-electron chi connectivity index (χ0n) is 13.0. The molecular formula is C15H25Cl2F2N3. The standard InChI is InChI=1S/C15H23F2N3.2ClH/c1-12(13-3-4-14(16)15(17)11-13)19(2)9-10-20-7-5-18-6-8-20;;/h3-4,11-12,18H,5-10H2,1-2H3;2*1H. The third kappa shape index (κ3) is 5.97. The van der Waals surface area contributed by atoms with Crippen LogP contribution in [-0.4, -0.2) is 56.1 Å². The Hall–Kier alpha value is -0.460. The van der Waals surface area contributed by atoms with Crippen molar-refractivity contribution >= 4 is 24.8 Å². The second-order valence-corrected chi connectivity index (χ2v) is 5.42. The van der Waals surface area contributed by atoms with Crippen LogP contribution in [0.4, 0.5) is 8.78 Å². The summed E-state index contributed by atoms with van der Waals surface area (Å²) >= 11 is 0. The van der Waals surface area contributed by atoms with Crippen LogP contribution >= 0.6 is 24.8 Å². The Morgan fingerprint density at radius 1 is 1.18 bits per heavy atom. The van der Waals surface area contributed by atoms with Crippen LogP contribution < -0.4 is 5.32 Å². The van der Waals surface area contributed by atoms with E-state index < -0.39 is 11.6 Å². The van der Waals surface area contributed by atoms with Gasteiger partial charge >= 0.3 is 0 Å². The number of benzene rings is 1. The molecule has 0 saturated carbocycles. The molecule has 2 rings (SSSR count). The number of nitrogens with zero attached hydrogens (tertiary/aromatic N) is 2. The van der Waals surface area contributed by atoms with E-state index in [4.69, 9.17) is 0 Å². The van der Waals surface area contributed by atoms with Gasteiger partial charge in [0.25, 0.3) is 0 Å². The third-order valence-corrected chi connectivity index (χ3v) is 4.07. The molecule has 1 N–H and O–H groups in total. The lowest BCUT2D eigenvalue weighted by atomic mass is 10.1. The molecule has 0 spiro atoms. The van der Waals surface area contributed by atoms with E-state index in [2.05, 4.69) is 15.1 Å². The minimum absolute atomic E-state index is 0. The Bertz CT molecular complexity index is 443. The molecule has 0 amide bonds. The van der Waals surface area contributed by atoms with Gasteiger partial charge in [-0.25, -0.2) is 8.78 Å². The van der Waals surface area contributed by atoms with Gasteiger partial charge in [-0.3, -0.25) is 9.80 Å². The van der Waals surface area contributed by atoms with Gasteiger partial charge in [-0.05, 0) is 31.7 Å². The fraction of sp³-hybridized carbons (Fsp3) is 0.600. The molecule has 0 aromatic heterocycles. The van der Waals surface area contributed by atoms with Gasteiger partial charge < -0.3 is 5.32 Å². The van der Waals surface area contributed by atoms with Crippen LogP contribution in [0.1, 0.15) is 18.5 Å². The molecular weight excluding hydrogens is 331 g/mol. The highest BCUT2D eigenvalue weighted by atomic mass is 35.5. The second kappa shape index (κ2) is 10.3. The highest BCUT2D eigenvalue weighted by Crippen LogP contribution is 2.20. The van der Waals surface area contributed by atoms with Crippen LogP contribution in [0.5, 0.6) is 0 Å². The fourth-order valence-corrected chi connectivity index (χ4v) is 2.45. The van der Waals surface area contributed by atoms with Crippen LogP contribution in [0.2, 0.25) is 0 Å². The highest BCUT2D eigenvalue weighted by Gasteiger charge is 2.15. The van der Waals surface area contributed by atoms with Crippen LogP contribution in [0.15, 0.2) is 18.2 Å². The molecule has 0 radical (unpaired) electrons. The van der Waals surface area contributed by atoms with E-state index in [1.54, 1.807) is 6.07 Å². The quantitative estimate of drug-likeness (QED) is 0.875. The van der Waals surface area contributed by atoms with Gasteiger partial charge in [-0.2, -0.15) is 0 Å². The van der Waals surface area contributed by atoms with Gasteiger partial charge in [-0.1, -0.05) is 6.07 Å². The van der Waals surface area contributed by atoms with Crippen molar-refractivity contribution < 1.29 is 8.78 Å². The topological polar surface area (TPSA) is 18.5 Å². The van der Waals surface area contributed by atoms with Crippen molar-refractivity contribution in [1.29, 1.82) is 0 Å². The smallest absolute Gasteiger partial charge is 0.159 e. The first-order valence-corrected chi connectivity index (χ1v) is 7.16. The summed E-state index contributed by atoms with van der Waals surface area (Å²) in [7, 11) is 2.02. The summed E-state index contributed by atoms with van der Waals surface area (Å²) in [4.78, 5) is 4.60. The monoisotopic (exact) mass is 355 g/mol. The molecule has 1 fully saturated rings. The maximum absolute atomic E-state index is 13.3. The first kappa shape index (κ1) is 21.5. The summed E-state index contributed by atoms with van der Waals surface area (Å²) < 4.78 is 26.2. The largest absolute Gasteiger partial charge is 0.314 e. The molecule has 7 heteroatoms. The lowest BCUT2D eigenvalue weighted by molar-refractivity contribution is 0.183. The lowest BCUT2D eigenvalue weighted by Crippen LogP contribution is -2.46. The predicted octanol–water partition coefficient (Wildman–Crippen LogP) is 2.71. The number of rotatable bonds is 5. The van der Waals surface area contributed by atoms with Crippen molar-refractivity contribution in [2.75, 3.05) is 46.3 Å². The summed E-state index contributed by atoms with van der Waals surface area (Å²) in [5.41, 5.74) is 0.812. The molecule has 1 heterocycles. The number of likely N-dealkylation sites (N-methyl/N-ethyl adjacent to an activating group) is 1. The van der Waals surface area contributed by atoms with Crippen LogP contribution in [-0.2, 0) is 0 Å². The molecule has 1 aliphatic rings. The van der Waals surface area contributed by atoms with Gasteiger partial charge in [0.05, 0.1) is 0 Å². The van der Waals surface area contributed by atoms with E-state index in [9.17, 15) is 8.78 Å². The molecule has 3 nitrogen and oxygen atoms in total. The highest BCUT2D eigenvalue weighted by molar-refractivity contribution is 5.85. The molecule has 1 atom stereocenters. The molecule has 1 unspecified atom stereocenters. The van der Waals surface area contributed by atoms with Gasteiger partial charge in [0.15, 0.2) is 11.6 Å². The number of piperazine rings is 1. The first-order valence-electron chi connectivity index (χ1n) is 7.16. The SMILES string of the molecule is CC(c1ccc(F)c(F)c1)N(C)CCN1CCNCC1.Cl.Cl. The van der Waals surface area contributed by atoms with Crippen molar-refractivity contribution in [1.82, 2.24) is 15.1 Å². The molecule has 1 aliphatic heterocycles. The Morgan fingerprint density at radius 3 is 2.41 bits per heavy atom. The summed E-state index contributed by atoms with van der Waals surface area (Å²) in [6.07, 6.45) is 0. The fourth-order valence-electron chi connectivity index (χ4n) is 2.45. The number of nitrogens with one attached hydrogen (secondary N) is 1. The summed E-state index contributed by atoms with van der Waals surface area (Å²) in [6, 6.07) is 4.23. The van der Waals surface area contributed by atoms with Crippen LogP contribution in [0.3, 0.4) is 0 Å². The first-order chi connectivity index (χ1) is 9.58. The molecule has 1 saturated heterocycles. The Kier molecular flexibility index (Phi) is 10.1. The zero-order chi connectivity index (χ0) is 14.5. The minimum Gasteiger partial charge on any atom is -0.314 e. The minimum atomic E-state index is -0.788. The predicted molar refractivity (Wildman–Crippen MR) is 91.2 cm³/mol. The van der Waals surface area contributed by atoms with E-state index in [1.807, 2.05) is 14.0 Å². The molecule has 128 valence electrons. The lowest BCUT2D eigenvalue weighted by Gasteiger charge is -2.31. The van der Waals surface area contributed by atoms with Crippen molar-refractivity contribution in [2.24, 2.45) is 0 Å². The van der Waals surface area contributed by atoms with Crippen molar-refractivity contribution in [3.63, 3.8) is 0 Å². The number of halogens is 4. The Morgan fingerprint density at radius 2 is 1.82 bits per heavy atom. The van der Waals surface area contributed by atoms with E-state index in [0.29, 0.717) is 0 Å². The number of hydrogen-bond donors (Lipinski definition) is 1. The normalized spacial score (nSPS) is 16.8. The van der Waals surface area contributed by atoms with Crippen LogP contribution in [0.25, 0.3) is 0 Å². The molecule has 1 aromatic rings. The van der Waals surface area contributed by atoms with E-state index in [1.165, 1.54) is 12.1 Å². The summed E-state index contributed by atoms with van der Waals surface area (Å²) in [5, 5.41) is 3.33. The molecule has 1 aromatic carbocycles. The maximum Gasteiger partial charge on any atom is 0.159 e. The Labute approximate surface area is 143 Å². The molecule has 22 heavy (non-hydrogen) atoms. The summed E-state index contributed by atoms with van der Waals surface area (Å²) in [6.45, 7) is 8.18.